The van der Waals surface area contributed by atoms with E-state index < -0.39 is 27.1 Å². The van der Waals surface area contributed by atoms with Gasteiger partial charge in [0.05, 0.1) is 34.0 Å². The van der Waals surface area contributed by atoms with Crippen LogP contribution in [-0.2, 0) is 6.54 Å². The summed E-state index contributed by atoms with van der Waals surface area (Å²) in [7, 11) is 0. The highest BCUT2D eigenvalue weighted by molar-refractivity contribution is 5.95. The third-order valence-corrected chi connectivity index (χ3v) is 3.45. The number of pyridine rings is 1. The van der Waals surface area contributed by atoms with Crippen molar-refractivity contribution in [3.63, 3.8) is 0 Å². The molecule has 132 valence electrons. The maximum Gasteiger partial charge on any atom is 0.277 e. The lowest BCUT2D eigenvalue weighted by Crippen LogP contribution is -2.31. The van der Waals surface area contributed by atoms with Gasteiger partial charge in [-0.2, -0.15) is 5.26 Å². The zero-order chi connectivity index (χ0) is 19.1. The number of amides is 1. The molecule has 0 aliphatic heterocycles. The first kappa shape index (κ1) is 18.5. The van der Waals surface area contributed by atoms with Crippen molar-refractivity contribution in [3.05, 3.63) is 74.1 Å². The number of nitriles is 1. The van der Waals surface area contributed by atoms with E-state index in [9.17, 15) is 25.0 Å². The second kappa shape index (κ2) is 8.29. The lowest BCUT2D eigenvalue weighted by molar-refractivity contribution is -0.394. The predicted molar refractivity (Wildman–Crippen MR) is 89.0 cm³/mol. The van der Waals surface area contributed by atoms with Gasteiger partial charge in [-0.05, 0) is 11.6 Å². The Morgan fingerprint density at radius 1 is 1.19 bits per heavy atom. The Morgan fingerprint density at radius 2 is 1.85 bits per heavy atom. The number of benzene rings is 1. The van der Waals surface area contributed by atoms with Gasteiger partial charge in [0.15, 0.2) is 0 Å². The van der Waals surface area contributed by atoms with Crippen LogP contribution in [0.5, 0.6) is 0 Å². The van der Waals surface area contributed by atoms with E-state index in [1.54, 1.807) is 24.5 Å². The SMILES string of the molecule is N#CCCN(Cc1cccnc1)C(=O)c1cc([N+](=O)[O-])cc([N+](=O)[O-])c1. The van der Waals surface area contributed by atoms with Gasteiger partial charge >= 0.3 is 0 Å². The molecule has 0 fully saturated rings. The number of non-ortho nitro benzene ring substituents is 2. The van der Waals surface area contributed by atoms with Crippen molar-refractivity contribution in [1.82, 2.24) is 9.88 Å². The molecule has 26 heavy (non-hydrogen) atoms. The molecule has 0 saturated carbocycles. The molecule has 0 atom stereocenters. The normalized spacial score (nSPS) is 9.96. The molecule has 0 saturated heterocycles. The van der Waals surface area contributed by atoms with E-state index in [1.165, 1.54) is 4.90 Å². The van der Waals surface area contributed by atoms with Gasteiger partial charge < -0.3 is 4.90 Å². The number of rotatable bonds is 7. The van der Waals surface area contributed by atoms with Crippen molar-refractivity contribution in [3.8, 4) is 6.07 Å². The Balaban J connectivity index is 2.39. The number of hydrogen-bond acceptors (Lipinski definition) is 7. The topological polar surface area (TPSA) is 143 Å². The number of carbonyl (C=O) groups is 1. The summed E-state index contributed by atoms with van der Waals surface area (Å²) in [5, 5.41) is 30.8. The molecule has 0 N–H and O–H groups in total. The minimum absolute atomic E-state index is 0.0447. The molecular formula is C16H13N5O5. The zero-order valence-corrected chi connectivity index (χ0v) is 13.4. The Bertz CT molecular complexity index is 846. The molecule has 1 aromatic heterocycles. The summed E-state index contributed by atoms with van der Waals surface area (Å²) < 4.78 is 0. The third kappa shape index (κ3) is 4.57. The summed E-state index contributed by atoms with van der Waals surface area (Å²) >= 11 is 0. The highest BCUT2D eigenvalue weighted by atomic mass is 16.6. The average Bonchev–Trinajstić information content (AvgIpc) is 2.64. The lowest BCUT2D eigenvalue weighted by Gasteiger charge is -2.21. The number of carbonyl (C=O) groups excluding carboxylic acids is 1. The average molecular weight is 355 g/mol. The number of nitro groups is 2. The molecule has 0 aliphatic carbocycles. The highest BCUT2D eigenvalue weighted by Gasteiger charge is 2.23. The Labute approximate surface area is 147 Å². The van der Waals surface area contributed by atoms with E-state index in [1.807, 2.05) is 6.07 Å². The fourth-order valence-corrected chi connectivity index (χ4v) is 2.26. The van der Waals surface area contributed by atoms with Gasteiger partial charge in [0.2, 0.25) is 0 Å². The smallest absolute Gasteiger partial charge is 0.277 e. The van der Waals surface area contributed by atoms with Crippen LogP contribution in [0.3, 0.4) is 0 Å². The molecule has 1 aromatic carbocycles. The molecule has 10 nitrogen and oxygen atoms in total. The van der Waals surface area contributed by atoms with Gasteiger partial charge in [-0.3, -0.25) is 30.0 Å². The van der Waals surface area contributed by atoms with E-state index in [0.717, 1.165) is 18.2 Å². The molecule has 2 rings (SSSR count). The fraction of sp³-hybridized carbons (Fsp3) is 0.188. The summed E-state index contributed by atoms with van der Waals surface area (Å²) in [5.74, 6) is -0.643. The highest BCUT2D eigenvalue weighted by Crippen LogP contribution is 2.24. The second-order valence-corrected chi connectivity index (χ2v) is 5.25. The first-order valence-electron chi connectivity index (χ1n) is 7.41. The molecule has 0 bridgehead atoms. The van der Waals surface area contributed by atoms with Crippen LogP contribution in [0.15, 0.2) is 42.7 Å². The Morgan fingerprint density at radius 3 is 2.35 bits per heavy atom. The summed E-state index contributed by atoms with van der Waals surface area (Å²) in [4.78, 5) is 38.4. The van der Waals surface area contributed by atoms with Crippen LogP contribution in [0.1, 0.15) is 22.3 Å². The fourth-order valence-electron chi connectivity index (χ4n) is 2.26. The third-order valence-electron chi connectivity index (χ3n) is 3.45. The Hall–Kier alpha value is -3.87. The summed E-state index contributed by atoms with van der Waals surface area (Å²) in [5.41, 5.74) is -0.597. The summed E-state index contributed by atoms with van der Waals surface area (Å²) in [6.45, 7) is 0.186. The maximum atomic E-state index is 12.8. The lowest BCUT2D eigenvalue weighted by atomic mass is 10.1. The summed E-state index contributed by atoms with van der Waals surface area (Å²) in [6, 6.07) is 8.09. The van der Waals surface area contributed by atoms with Crippen LogP contribution < -0.4 is 0 Å². The minimum atomic E-state index is -0.801. The van der Waals surface area contributed by atoms with Crippen LogP contribution in [0.4, 0.5) is 11.4 Å². The summed E-state index contributed by atoms with van der Waals surface area (Å²) in [6.07, 6.45) is 3.15. The molecule has 0 unspecified atom stereocenters. The molecular weight excluding hydrogens is 342 g/mol. The molecule has 2 aromatic rings. The van der Waals surface area contributed by atoms with Gasteiger partial charge in [-0.15, -0.1) is 0 Å². The predicted octanol–water partition coefficient (Wildman–Crippen LogP) is 2.45. The van der Waals surface area contributed by atoms with E-state index in [-0.39, 0.29) is 25.1 Å². The number of nitrogens with zero attached hydrogens (tertiary/aromatic N) is 5. The number of aromatic nitrogens is 1. The van der Waals surface area contributed by atoms with Crippen LogP contribution in [-0.4, -0.2) is 32.2 Å². The van der Waals surface area contributed by atoms with E-state index >= 15 is 0 Å². The van der Waals surface area contributed by atoms with Crippen molar-refractivity contribution < 1.29 is 14.6 Å². The standard InChI is InChI=1S/C16H13N5O5/c17-4-2-6-19(11-12-3-1-5-18-10-12)16(22)13-7-14(20(23)24)9-15(8-13)21(25)26/h1,3,5,7-10H,2,6,11H2. The molecule has 0 radical (unpaired) electrons. The van der Waals surface area contributed by atoms with E-state index in [4.69, 9.17) is 5.26 Å². The molecule has 0 aliphatic rings. The molecule has 1 heterocycles. The zero-order valence-electron chi connectivity index (χ0n) is 13.4. The van der Waals surface area contributed by atoms with E-state index in [0.29, 0.717) is 5.56 Å². The van der Waals surface area contributed by atoms with Crippen LogP contribution >= 0.6 is 0 Å². The van der Waals surface area contributed by atoms with E-state index in [2.05, 4.69) is 4.98 Å². The van der Waals surface area contributed by atoms with Gasteiger partial charge in [0.25, 0.3) is 17.3 Å². The molecule has 1 amide bonds. The number of nitro benzene ring substituents is 2. The van der Waals surface area contributed by atoms with Crippen molar-refractivity contribution in [2.24, 2.45) is 0 Å². The largest absolute Gasteiger partial charge is 0.333 e. The quantitative estimate of drug-likeness (QED) is 0.548. The Kier molecular flexibility index (Phi) is 5.89. The van der Waals surface area contributed by atoms with Crippen molar-refractivity contribution in [2.45, 2.75) is 13.0 Å². The van der Waals surface area contributed by atoms with Crippen LogP contribution in [0, 0.1) is 31.6 Å². The molecule has 0 spiro atoms. The second-order valence-electron chi connectivity index (χ2n) is 5.25. The first-order valence-corrected chi connectivity index (χ1v) is 7.41. The molecule has 10 heteroatoms. The van der Waals surface area contributed by atoms with Crippen LogP contribution in [0.2, 0.25) is 0 Å². The van der Waals surface area contributed by atoms with Gasteiger partial charge in [-0.25, -0.2) is 0 Å². The van der Waals surface area contributed by atoms with Gasteiger partial charge in [0, 0.05) is 37.6 Å². The maximum absolute atomic E-state index is 12.8. The first-order chi connectivity index (χ1) is 12.4. The van der Waals surface area contributed by atoms with Crippen molar-refractivity contribution in [2.75, 3.05) is 6.54 Å². The monoisotopic (exact) mass is 355 g/mol. The number of hydrogen-bond donors (Lipinski definition) is 0. The van der Waals surface area contributed by atoms with Gasteiger partial charge in [0.1, 0.15) is 0 Å². The minimum Gasteiger partial charge on any atom is -0.333 e. The van der Waals surface area contributed by atoms with Crippen molar-refractivity contribution >= 4 is 17.3 Å². The van der Waals surface area contributed by atoms with Crippen LogP contribution in [0.25, 0.3) is 0 Å². The van der Waals surface area contributed by atoms with Crippen molar-refractivity contribution in [1.29, 1.82) is 5.26 Å². The van der Waals surface area contributed by atoms with Gasteiger partial charge in [-0.1, -0.05) is 6.07 Å².